The van der Waals surface area contributed by atoms with Gasteiger partial charge in [0.2, 0.25) is 0 Å². The monoisotopic (exact) mass is 211 g/mol. The van der Waals surface area contributed by atoms with Crippen molar-refractivity contribution in [1.82, 2.24) is 4.90 Å². The van der Waals surface area contributed by atoms with Crippen LogP contribution in [-0.4, -0.2) is 23.5 Å². The first-order valence-electron chi connectivity index (χ1n) is 6.43. The normalized spacial score (nSPS) is 25.6. The molecule has 1 aliphatic heterocycles. The van der Waals surface area contributed by atoms with Crippen LogP contribution in [0.3, 0.4) is 0 Å². The van der Waals surface area contributed by atoms with Gasteiger partial charge in [0.05, 0.1) is 0 Å². The summed E-state index contributed by atoms with van der Waals surface area (Å²) in [7, 11) is 0. The lowest BCUT2D eigenvalue weighted by Gasteiger charge is -2.43. The molecule has 90 valence electrons. The van der Waals surface area contributed by atoms with Crippen LogP contribution in [0.25, 0.3) is 0 Å². The Kier molecular flexibility index (Phi) is 3.86. The van der Waals surface area contributed by atoms with Gasteiger partial charge in [-0.25, -0.2) is 0 Å². The molecule has 1 aliphatic rings. The van der Waals surface area contributed by atoms with Crippen molar-refractivity contribution < 1.29 is 0 Å². The lowest BCUT2D eigenvalue weighted by Crippen LogP contribution is -2.47. The Balaban J connectivity index is 2.50. The van der Waals surface area contributed by atoms with Gasteiger partial charge < -0.3 is 0 Å². The summed E-state index contributed by atoms with van der Waals surface area (Å²) >= 11 is 0. The third-order valence-corrected chi connectivity index (χ3v) is 3.37. The van der Waals surface area contributed by atoms with Gasteiger partial charge in [0.25, 0.3) is 0 Å². The number of likely N-dealkylation sites (tertiary alicyclic amines) is 1. The molecule has 0 aliphatic carbocycles. The van der Waals surface area contributed by atoms with Gasteiger partial charge in [-0.2, -0.15) is 0 Å². The highest BCUT2D eigenvalue weighted by Gasteiger charge is 2.29. The average Bonchev–Trinajstić information content (AvgIpc) is 1.99. The van der Waals surface area contributed by atoms with Crippen LogP contribution in [0.15, 0.2) is 0 Å². The Morgan fingerprint density at radius 3 is 2.13 bits per heavy atom. The summed E-state index contributed by atoms with van der Waals surface area (Å²) < 4.78 is 0. The molecule has 0 radical (unpaired) electrons. The Bertz CT molecular complexity index is 194. The molecule has 0 N–H and O–H groups in total. The molecule has 0 bridgehead atoms. The molecular weight excluding hydrogens is 182 g/mol. The second-order valence-electron chi connectivity index (χ2n) is 7.39. The van der Waals surface area contributed by atoms with Crippen molar-refractivity contribution in [3.8, 4) is 0 Å². The van der Waals surface area contributed by atoms with Crippen LogP contribution in [0.1, 0.15) is 60.8 Å². The van der Waals surface area contributed by atoms with Gasteiger partial charge in [-0.3, -0.25) is 4.90 Å². The van der Waals surface area contributed by atoms with Crippen LogP contribution in [0.2, 0.25) is 0 Å². The smallest absolute Gasteiger partial charge is 0.0125 e. The molecule has 0 aromatic carbocycles. The van der Waals surface area contributed by atoms with E-state index in [-0.39, 0.29) is 0 Å². The molecule has 1 saturated heterocycles. The molecule has 0 aromatic heterocycles. The molecule has 0 saturated carbocycles. The van der Waals surface area contributed by atoms with E-state index in [0.717, 1.165) is 5.92 Å². The van der Waals surface area contributed by atoms with Gasteiger partial charge >= 0.3 is 0 Å². The van der Waals surface area contributed by atoms with E-state index in [1.54, 1.807) is 0 Å². The first-order chi connectivity index (χ1) is 6.68. The SMILES string of the molecule is CC(C)(C)CC1CCCN(C(C)(C)C)C1. The van der Waals surface area contributed by atoms with E-state index < -0.39 is 0 Å². The van der Waals surface area contributed by atoms with Crippen LogP contribution in [0, 0.1) is 11.3 Å². The van der Waals surface area contributed by atoms with Gasteiger partial charge in [0.1, 0.15) is 0 Å². The summed E-state index contributed by atoms with van der Waals surface area (Å²) in [5, 5.41) is 0. The number of nitrogens with zero attached hydrogens (tertiary/aromatic N) is 1. The van der Waals surface area contributed by atoms with E-state index in [9.17, 15) is 0 Å². The van der Waals surface area contributed by atoms with Gasteiger partial charge in [-0.15, -0.1) is 0 Å². The maximum Gasteiger partial charge on any atom is 0.0125 e. The Hall–Kier alpha value is -0.0400. The Morgan fingerprint density at radius 1 is 1.07 bits per heavy atom. The van der Waals surface area contributed by atoms with Crippen LogP contribution < -0.4 is 0 Å². The van der Waals surface area contributed by atoms with Gasteiger partial charge in [0, 0.05) is 12.1 Å². The number of piperidine rings is 1. The van der Waals surface area contributed by atoms with E-state index in [1.165, 1.54) is 32.4 Å². The molecule has 15 heavy (non-hydrogen) atoms. The highest BCUT2D eigenvalue weighted by molar-refractivity contribution is 4.84. The minimum absolute atomic E-state index is 0.358. The summed E-state index contributed by atoms with van der Waals surface area (Å²) in [4.78, 5) is 2.66. The van der Waals surface area contributed by atoms with Crippen molar-refractivity contribution in [3.05, 3.63) is 0 Å². The maximum absolute atomic E-state index is 2.66. The molecule has 1 heterocycles. The molecule has 1 atom stereocenters. The summed E-state index contributed by atoms with van der Waals surface area (Å²) in [6.07, 6.45) is 4.20. The first-order valence-corrected chi connectivity index (χ1v) is 6.43. The molecule has 0 spiro atoms. The molecular formula is C14H29N. The van der Waals surface area contributed by atoms with Crippen LogP contribution in [-0.2, 0) is 0 Å². The summed E-state index contributed by atoms with van der Waals surface area (Å²) in [6.45, 7) is 16.7. The zero-order chi connectivity index (χ0) is 11.7. The summed E-state index contributed by atoms with van der Waals surface area (Å²) in [6, 6.07) is 0. The third kappa shape index (κ3) is 4.55. The molecule has 0 aromatic rings. The molecule has 1 fully saturated rings. The van der Waals surface area contributed by atoms with Crippen molar-refractivity contribution >= 4 is 0 Å². The maximum atomic E-state index is 2.66. The number of hydrogen-bond donors (Lipinski definition) is 0. The largest absolute Gasteiger partial charge is 0.298 e. The fourth-order valence-electron chi connectivity index (χ4n) is 2.71. The number of hydrogen-bond acceptors (Lipinski definition) is 1. The van der Waals surface area contributed by atoms with E-state index in [1.807, 2.05) is 0 Å². The average molecular weight is 211 g/mol. The lowest BCUT2D eigenvalue weighted by atomic mass is 9.80. The Labute approximate surface area is 96.2 Å². The van der Waals surface area contributed by atoms with E-state index in [2.05, 4.69) is 46.4 Å². The highest BCUT2D eigenvalue weighted by Crippen LogP contribution is 2.32. The minimum atomic E-state index is 0.358. The number of rotatable bonds is 1. The van der Waals surface area contributed by atoms with Crippen molar-refractivity contribution in [2.24, 2.45) is 11.3 Å². The quantitative estimate of drug-likeness (QED) is 0.635. The predicted molar refractivity (Wildman–Crippen MR) is 68.1 cm³/mol. The zero-order valence-corrected chi connectivity index (χ0v) is 11.6. The predicted octanol–water partition coefficient (Wildman–Crippen LogP) is 3.93. The van der Waals surface area contributed by atoms with Crippen molar-refractivity contribution in [3.63, 3.8) is 0 Å². The standard InChI is InChI=1S/C14H29N/c1-13(2,3)10-12-8-7-9-15(11-12)14(4,5)6/h12H,7-11H2,1-6H3. The minimum Gasteiger partial charge on any atom is -0.298 e. The Morgan fingerprint density at radius 2 is 1.67 bits per heavy atom. The van der Waals surface area contributed by atoms with Crippen LogP contribution in [0.5, 0.6) is 0 Å². The summed E-state index contributed by atoms with van der Waals surface area (Å²) in [5.41, 5.74) is 0.849. The summed E-state index contributed by atoms with van der Waals surface area (Å²) in [5.74, 6) is 0.915. The molecule has 0 amide bonds. The van der Waals surface area contributed by atoms with Crippen molar-refractivity contribution in [1.29, 1.82) is 0 Å². The van der Waals surface area contributed by atoms with E-state index >= 15 is 0 Å². The van der Waals surface area contributed by atoms with Gasteiger partial charge in [0.15, 0.2) is 0 Å². The van der Waals surface area contributed by atoms with Gasteiger partial charge in [-0.1, -0.05) is 20.8 Å². The van der Waals surface area contributed by atoms with Crippen molar-refractivity contribution in [2.45, 2.75) is 66.3 Å². The lowest BCUT2D eigenvalue weighted by molar-refractivity contribution is 0.0644. The van der Waals surface area contributed by atoms with Gasteiger partial charge in [-0.05, 0) is 57.9 Å². The fraction of sp³-hybridized carbons (Fsp3) is 1.00. The van der Waals surface area contributed by atoms with Crippen LogP contribution >= 0.6 is 0 Å². The van der Waals surface area contributed by atoms with Crippen LogP contribution in [0.4, 0.5) is 0 Å². The molecule has 1 rings (SSSR count). The topological polar surface area (TPSA) is 3.24 Å². The molecule has 1 unspecified atom stereocenters. The third-order valence-electron chi connectivity index (χ3n) is 3.37. The molecule has 1 nitrogen and oxygen atoms in total. The first kappa shape index (κ1) is 13.0. The fourth-order valence-corrected chi connectivity index (χ4v) is 2.71. The molecule has 1 heteroatoms. The van der Waals surface area contributed by atoms with Crippen molar-refractivity contribution in [2.75, 3.05) is 13.1 Å². The van der Waals surface area contributed by atoms with E-state index in [0.29, 0.717) is 11.0 Å². The highest BCUT2D eigenvalue weighted by atomic mass is 15.2. The second kappa shape index (κ2) is 4.45. The van der Waals surface area contributed by atoms with E-state index in [4.69, 9.17) is 0 Å². The zero-order valence-electron chi connectivity index (χ0n) is 11.6. The second-order valence-corrected chi connectivity index (χ2v) is 7.39.